The molecule has 1 atom stereocenters. The van der Waals surface area contributed by atoms with Crippen LogP contribution in [0.2, 0.25) is 0 Å². The van der Waals surface area contributed by atoms with Gasteiger partial charge in [-0.25, -0.2) is 4.79 Å². The smallest absolute Gasteiger partial charge is 0.328 e. The van der Waals surface area contributed by atoms with E-state index in [1.807, 2.05) is 32.0 Å². The molecule has 0 spiro atoms. The van der Waals surface area contributed by atoms with Crippen LogP contribution in [0.25, 0.3) is 0 Å². The Morgan fingerprint density at radius 3 is 2.65 bits per heavy atom. The molecular weight excluding hydrogens is 218 g/mol. The first-order valence-electron chi connectivity index (χ1n) is 5.61. The Hall–Kier alpha value is -1.71. The minimum absolute atomic E-state index is 0.268. The van der Waals surface area contributed by atoms with E-state index in [1.54, 1.807) is 7.11 Å². The molecule has 1 rings (SSSR count). The zero-order valence-corrected chi connectivity index (χ0v) is 10.7. The Morgan fingerprint density at radius 2 is 2.12 bits per heavy atom. The molecule has 0 aliphatic carbocycles. The molecule has 1 N–H and O–H groups in total. The third-order valence-electron chi connectivity index (χ3n) is 2.58. The predicted molar refractivity (Wildman–Crippen MR) is 67.4 cm³/mol. The van der Waals surface area contributed by atoms with Crippen molar-refractivity contribution >= 4 is 11.7 Å². The molecule has 0 heterocycles. The number of nitrogens with one attached hydrogen (secondary N) is 1. The lowest BCUT2D eigenvalue weighted by Gasteiger charge is -2.18. The number of ether oxygens (including phenoxy) is 2. The number of carbonyl (C=O) groups is 1. The maximum Gasteiger partial charge on any atom is 0.328 e. The molecule has 0 fully saturated rings. The number of aryl methyl sites for hydroxylation is 1. The van der Waals surface area contributed by atoms with Gasteiger partial charge in [0, 0.05) is 0 Å². The van der Waals surface area contributed by atoms with E-state index in [1.165, 1.54) is 7.11 Å². The Bertz CT molecular complexity index is 390. The van der Waals surface area contributed by atoms with Crippen LogP contribution >= 0.6 is 0 Å². The maximum atomic E-state index is 11.5. The van der Waals surface area contributed by atoms with Crippen LogP contribution in [0.3, 0.4) is 0 Å². The second-order valence-electron chi connectivity index (χ2n) is 3.83. The highest BCUT2D eigenvalue weighted by molar-refractivity contribution is 5.80. The number of benzene rings is 1. The molecule has 0 amide bonds. The molecule has 0 aliphatic rings. The van der Waals surface area contributed by atoms with Gasteiger partial charge in [0.1, 0.15) is 11.8 Å². The van der Waals surface area contributed by atoms with Gasteiger partial charge in [-0.3, -0.25) is 0 Å². The molecule has 1 unspecified atom stereocenters. The highest BCUT2D eigenvalue weighted by atomic mass is 16.5. The second-order valence-corrected chi connectivity index (χ2v) is 3.83. The van der Waals surface area contributed by atoms with Crippen LogP contribution in [0.5, 0.6) is 5.75 Å². The maximum absolute atomic E-state index is 11.5. The fourth-order valence-corrected chi connectivity index (χ4v) is 1.58. The summed E-state index contributed by atoms with van der Waals surface area (Å²) in [5.74, 6) is 0.461. The largest absolute Gasteiger partial charge is 0.495 e. The SMILES string of the molecule is CCC(Nc1ccc(C)cc1OC)C(=O)OC. The summed E-state index contributed by atoms with van der Waals surface area (Å²) in [6.45, 7) is 3.92. The van der Waals surface area contributed by atoms with E-state index < -0.39 is 0 Å². The van der Waals surface area contributed by atoms with Gasteiger partial charge in [0.05, 0.1) is 19.9 Å². The van der Waals surface area contributed by atoms with E-state index in [0.717, 1.165) is 17.0 Å². The minimum Gasteiger partial charge on any atom is -0.495 e. The molecule has 4 heteroatoms. The summed E-state index contributed by atoms with van der Waals surface area (Å²) in [6, 6.07) is 5.44. The number of methoxy groups -OCH3 is 2. The van der Waals surface area contributed by atoms with Gasteiger partial charge in [0.15, 0.2) is 0 Å². The van der Waals surface area contributed by atoms with E-state index in [2.05, 4.69) is 5.32 Å². The van der Waals surface area contributed by atoms with Gasteiger partial charge in [0.25, 0.3) is 0 Å². The van der Waals surface area contributed by atoms with Crippen molar-refractivity contribution in [2.45, 2.75) is 26.3 Å². The van der Waals surface area contributed by atoms with Crippen molar-refractivity contribution < 1.29 is 14.3 Å². The third kappa shape index (κ3) is 3.37. The van der Waals surface area contributed by atoms with Gasteiger partial charge in [-0.15, -0.1) is 0 Å². The first kappa shape index (κ1) is 13.4. The Morgan fingerprint density at radius 1 is 1.41 bits per heavy atom. The Kier molecular flexibility index (Phi) is 4.82. The van der Waals surface area contributed by atoms with Crippen LogP contribution in [0.15, 0.2) is 18.2 Å². The van der Waals surface area contributed by atoms with Gasteiger partial charge in [0.2, 0.25) is 0 Å². The average Bonchev–Trinajstić information content (AvgIpc) is 2.36. The number of hydrogen-bond acceptors (Lipinski definition) is 4. The fraction of sp³-hybridized carbons (Fsp3) is 0.462. The van der Waals surface area contributed by atoms with Gasteiger partial charge >= 0.3 is 5.97 Å². The number of anilines is 1. The van der Waals surface area contributed by atoms with Crippen LogP contribution in [0, 0.1) is 6.92 Å². The number of hydrogen-bond donors (Lipinski definition) is 1. The molecule has 94 valence electrons. The molecular formula is C13H19NO3. The van der Waals surface area contributed by atoms with Crippen molar-refractivity contribution in [3.63, 3.8) is 0 Å². The number of esters is 1. The zero-order valence-electron chi connectivity index (χ0n) is 10.7. The van der Waals surface area contributed by atoms with Crippen molar-refractivity contribution in [2.75, 3.05) is 19.5 Å². The van der Waals surface area contributed by atoms with Gasteiger partial charge in [-0.2, -0.15) is 0 Å². The first-order chi connectivity index (χ1) is 8.12. The van der Waals surface area contributed by atoms with Crippen molar-refractivity contribution in [3.8, 4) is 5.75 Å². The summed E-state index contributed by atoms with van der Waals surface area (Å²) in [5.41, 5.74) is 1.91. The van der Waals surface area contributed by atoms with E-state index in [4.69, 9.17) is 9.47 Å². The standard InChI is InChI=1S/C13H19NO3/c1-5-10(13(15)17-4)14-11-7-6-9(2)8-12(11)16-3/h6-8,10,14H,5H2,1-4H3. The lowest BCUT2D eigenvalue weighted by molar-refractivity contribution is -0.141. The Balaban J connectivity index is 2.89. The lowest BCUT2D eigenvalue weighted by Crippen LogP contribution is -2.30. The van der Waals surface area contributed by atoms with Crippen molar-refractivity contribution in [2.24, 2.45) is 0 Å². The molecule has 17 heavy (non-hydrogen) atoms. The van der Waals surface area contributed by atoms with Crippen LogP contribution < -0.4 is 10.1 Å². The summed E-state index contributed by atoms with van der Waals surface area (Å²) in [5, 5.41) is 3.13. The molecule has 0 radical (unpaired) electrons. The first-order valence-corrected chi connectivity index (χ1v) is 5.61. The van der Waals surface area contributed by atoms with Gasteiger partial charge in [-0.1, -0.05) is 13.0 Å². The van der Waals surface area contributed by atoms with Crippen LogP contribution in [-0.2, 0) is 9.53 Å². The predicted octanol–water partition coefficient (Wildman–Crippen LogP) is 2.37. The lowest BCUT2D eigenvalue weighted by atomic mass is 10.1. The molecule has 1 aromatic rings. The van der Waals surface area contributed by atoms with Gasteiger partial charge < -0.3 is 14.8 Å². The van der Waals surface area contributed by atoms with Crippen LogP contribution in [0.1, 0.15) is 18.9 Å². The summed E-state index contributed by atoms with van der Waals surface area (Å²) in [6.07, 6.45) is 0.656. The zero-order chi connectivity index (χ0) is 12.8. The van der Waals surface area contributed by atoms with Crippen molar-refractivity contribution in [1.82, 2.24) is 0 Å². The molecule has 1 aromatic carbocycles. The molecule has 0 saturated heterocycles. The van der Waals surface area contributed by atoms with E-state index in [-0.39, 0.29) is 12.0 Å². The number of rotatable bonds is 5. The topological polar surface area (TPSA) is 47.6 Å². The van der Waals surface area contributed by atoms with Crippen LogP contribution in [-0.4, -0.2) is 26.2 Å². The van der Waals surface area contributed by atoms with Crippen molar-refractivity contribution in [1.29, 1.82) is 0 Å². The van der Waals surface area contributed by atoms with E-state index >= 15 is 0 Å². The van der Waals surface area contributed by atoms with Crippen molar-refractivity contribution in [3.05, 3.63) is 23.8 Å². The fourth-order valence-electron chi connectivity index (χ4n) is 1.58. The quantitative estimate of drug-likeness (QED) is 0.799. The summed E-state index contributed by atoms with van der Waals surface area (Å²) in [7, 11) is 3.00. The summed E-state index contributed by atoms with van der Waals surface area (Å²) >= 11 is 0. The summed E-state index contributed by atoms with van der Waals surface area (Å²) < 4.78 is 10.0. The normalized spacial score (nSPS) is 11.8. The number of carbonyl (C=O) groups excluding carboxylic acids is 1. The minimum atomic E-state index is -0.350. The average molecular weight is 237 g/mol. The van der Waals surface area contributed by atoms with E-state index in [9.17, 15) is 4.79 Å². The van der Waals surface area contributed by atoms with Crippen LogP contribution in [0.4, 0.5) is 5.69 Å². The molecule has 0 bridgehead atoms. The molecule has 0 aromatic heterocycles. The monoisotopic (exact) mass is 237 g/mol. The Labute approximate surface area is 102 Å². The van der Waals surface area contributed by atoms with Gasteiger partial charge in [-0.05, 0) is 31.0 Å². The second kappa shape index (κ2) is 6.13. The highest BCUT2D eigenvalue weighted by Gasteiger charge is 2.17. The third-order valence-corrected chi connectivity index (χ3v) is 2.58. The molecule has 0 aliphatic heterocycles. The molecule has 4 nitrogen and oxygen atoms in total. The molecule has 0 saturated carbocycles. The highest BCUT2D eigenvalue weighted by Crippen LogP contribution is 2.26. The summed E-state index contributed by atoms with van der Waals surface area (Å²) in [4.78, 5) is 11.5. The van der Waals surface area contributed by atoms with E-state index in [0.29, 0.717) is 6.42 Å².